The van der Waals surface area contributed by atoms with E-state index in [-0.39, 0.29) is 17.3 Å². The Bertz CT molecular complexity index is 515. The smallest absolute Gasteiger partial charge is 0.186 e. The maximum absolute atomic E-state index is 12.1. The summed E-state index contributed by atoms with van der Waals surface area (Å²) in [7, 11) is -1.35. The van der Waals surface area contributed by atoms with Gasteiger partial charge in [0.05, 0.1) is 22.2 Å². The van der Waals surface area contributed by atoms with Crippen LogP contribution < -0.4 is 0 Å². The lowest BCUT2D eigenvalue weighted by molar-refractivity contribution is 0.0923. The quantitative estimate of drug-likeness (QED) is 0.758. The molecule has 2 heterocycles. The molecular weight excluding hydrogens is 296 g/mol. The summed E-state index contributed by atoms with van der Waals surface area (Å²) in [6, 6.07) is 0. The third-order valence-corrected chi connectivity index (χ3v) is 5.08. The molecule has 16 heavy (non-hydrogen) atoms. The van der Waals surface area contributed by atoms with Crippen molar-refractivity contribution in [2.75, 3.05) is 11.5 Å². The van der Waals surface area contributed by atoms with Gasteiger partial charge in [0, 0.05) is 13.0 Å². The van der Waals surface area contributed by atoms with Gasteiger partial charge in [-0.2, -0.15) is 5.10 Å². The highest BCUT2D eigenvalue weighted by atomic mass is 79.9. The van der Waals surface area contributed by atoms with E-state index in [2.05, 4.69) is 21.0 Å². The summed E-state index contributed by atoms with van der Waals surface area (Å²) >= 11 is 3.24. The number of hydrogen-bond acceptors (Lipinski definition) is 4. The second kappa shape index (κ2) is 3.96. The third kappa shape index (κ3) is 2.06. The molecular formula is C9H11BrN2O3S. The van der Waals surface area contributed by atoms with E-state index in [1.165, 1.54) is 10.9 Å². The monoisotopic (exact) mass is 306 g/mol. The number of sulfone groups is 1. The van der Waals surface area contributed by atoms with Crippen LogP contribution in [0.4, 0.5) is 0 Å². The minimum Gasteiger partial charge on any atom is -0.292 e. The Morgan fingerprint density at radius 3 is 2.75 bits per heavy atom. The molecule has 88 valence electrons. The van der Waals surface area contributed by atoms with Crippen molar-refractivity contribution in [3.63, 3.8) is 0 Å². The van der Waals surface area contributed by atoms with Crippen molar-refractivity contribution >= 4 is 31.6 Å². The lowest BCUT2D eigenvalue weighted by Crippen LogP contribution is -2.19. The number of rotatable bonds is 2. The van der Waals surface area contributed by atoms with E-state index in [9.17, 15) is 13.2 Å². The fourth-order valence-corrected chi connectivity index (χ4v) is 4.17. The average Bonchev–Trinajstić information content (AvgIpc) is 2.70. The highest BCUT2D eigenvalue weighted by molar-refractivity contribution is 9.10. The molecule has 5 nitrogen and oxygen atoms in total. The summed E-state index contributed by atoms with van der Waals surface area (Å²) in [5.41, 5.74) is 0.446. The molecule has 1 aliphatic heterocycles. The SMILES string of the molecule is Cn1ncc(Br)c1C(=O)C1CCS(=O)(=O)C1. The van der Waals surface area contributed by atoms with E-state index in [0.717, 1.165) is 0 Å². The van der Waals surface area contributed by atoms with E-state index < -0.39 is 15.8 Å². The van der Waals surface area contributed by atoms with E-state index in [1.54, 1.807) is 7.05 Å². The summed E-state index contributed by atoms with van der Waals surface area (Å²) in [5.74, 6) is -0.493. The Morgan fingerprint density at radius 1 is 1.62 bits per heavy atom. The van der Waals surface area contributed by atoms with Gasteiger partial charge in [0.2, 0.25) is 0 Å². The number of hydrogen-bond donors (Lipinski definition) is 0. The van der Waals surface area contributed by atoms with Crippen molar-refractivity contribution in [2.24, 2.45) is 13.0 Å². The van der Waals surface area contributed by atoms with Crippen LogP contribution in [0.5, 0.6) is 0 Å². The van der Waals surface area contributed by atoms with Crippen molar-refractivity contribution < 1.29 is 13.2 Å². The summed E-state index contributed by atoms with van der Waals surface area (Å²) in [6.45, 7) is 0. The molecule has 0 aliphatic carbocycles. The molecule has 1 aromatic heterocycles. The Kier molecular flexibility index (Phi) is 2.91. The van der Waals surface area contributed by atoms with E-state index in [1.807, 2.05) is 0 Å². The average molecular weight is 307 g/mol. The summed E-state index contributed by atoms with van der Waals surface area (Å²) in [6.07, 6.45) is 1.95. The van der Waals surface area contributed by atoms with Crippen LogP contribution in [0, 0.1) is 5.92 Å². The molecule has 1 aliphatic rings. The van der Waals surface area contributed by atoms with Crippen LogP contribution >= 0.6 is 15.9 Å². The van der Waals surface area contributed by atoms with Gasteiger partial charge < -0.3 is 0 Å². The van der Waals surface area contributed by atoms with Gasteiger partial charge in [0.1, 0.15) is 5.69 Å². The van der Waals surface area contributed by atoms with Crippen LogP contribution in [0.2, 0.25) is 0 Å². The number of carbonyl (C=O) groups excluding carboxylic acids is 1. The van der Waals surface area contributed by atoms with Gasteiger partial charge >= 0.3 is 0 Å². The summed E-state index contributed by atoms with van der Waals surface area (Å²) in [4.78, 5) is 12.1. The largest absolute Gasteiger partial charge is 0.292 e. The normalized spacial score (nSPS) is 23.5. The highest BCUT2D eigenvalue weighted by Gasteiger charge is 2.35. The fraction of sp³-hybridized carbons (Fsp3) is 0.556. The first-order valence-corrected chi connectivity index (χ1v) is 7.44. The van der Waals surface area contributed by atoms with Gasteiger partial charge in [-0.05, 0) is 22.4 Å². The zero-order chi connectivity index (χ0) is 11.9. The van der Waals surface area contributed by atoms with Crippen LogP contribution in [-0.4, -0.2) is 35.5 Å². The van der Waals surface area contributed by atoms with Gasteiger partial charge in [-0.1, -0.05) is 0 Å². The Labute approximate surface area is 102 Å². The van der Waals surface area contributed by atoms with Crippen LogP contribution in [0.1, 0.15) is 16.9 Å². The summed E-state index contributed by atoms with van der Waals surface area (Å²) < 4.78 is 24.7. The number of halogens is 1. The van der Waals surface area contributed by atoms with Gasteiger partial charge in [-0.15, -0.1) is 0 Å². The lowest BCUT2D eigenvalue weighted by Gasteiger charge is -2.07. The van der Waals surface area contributed by atoms with Crippen molar-refractivity contribution in [2.45, 2.75) is 6.42 Å². The lowest BCUT2D eigenvalue weighted by atomic mass is 10.0. The Balaban J connectivity index is 2.28. The molecule has 0 aromatic carbocycles. The predicted molar refractivity (Wildman–Crippen MR) is 62.0 cm³/mol. The molecule has 0 radical (unpaired) electrons. The Morgan fingerprint density at radius 2 is 2.31 bits per heavy atom. The maximum Gasteiger partial charge on any atom is 0.186 e. The second-order valence-electron chi connectivity index (χ2n) is 3.93. The van der Waals surface area contributed by atoms with Crippen LogP contribution in [0.25, 0.3) is 0 Å². The number of carbonyl (C=O) groups is 1. The molecule has 1 atom stereocenters. The topological polar surface area (TPSA) is 69.0 Å². The molecule has 0 bridgehead atoms. The van der Waals surface area contributed by atoms with Crippen molar-refractivity contribution in [1.82, 2.24) is 9.78 Å². The van der Waals surface area contributed by atoms with E-state index in [4.69, 9.17) is 0 Å². The molecule has 1 aromatic rings. The number of nitrogens with zero attached hydrogens (tertiary/aromatic N) is 2. The number of aryl methyl sites for hydroxylation is 1. The predicted octanol–water partition coefficient (Wildman–Crippen LogP) is 0.800. The number of Topliss-reactive ketones (excluding diaryl/α,β-unsaturated/α-hetero) is 1. The molecule has 1 saturated heterocycles. The molecule has 0 saturated carbocycles. The first kappa shape index (κ1) is 11.8. The zero-order valence-electron chi connectivity index (χ0n) is 8.68. The summed E-state index contributed by atoms with van der Waals surface area (Å²) in [5, 5.41) is 3.94. The molecule has 0 spiro atoms. The van der Waals surface area contributed by atoms with E-state index in [0.29, 0.717) is 16.6 Å². The minimum absolute atomic E-state index is 0.0382. The zero-order valence-corrected chi connectivity index (χ0v) is 11.1. The molecule has 0 amide bonds. The molecule has 7 heteroatoms. The second-order valence-corrected chi connectivity index (χ2v) is 7.01. The van der Waals surface area contributed by atoms with Crippen molar-refractivity contribution in [1.29, 1.82) is 0 Å². The molecule has 1 unspecified atom stereocenters. The van der Waals surface area contributed by atoms with Gasteiger partial charge in [-0.25, -0.2) is 8.42 Å². The molecule has 1 fully saturated rings. The Hall–Kier alpha value is -0.690. The van der Waals surface area contributed by atoms with Gasteiger partial charge in [0.15, 0.2) is 15.6 Å². The third-order valence-electron chi connectivity index (χ3n) is 2.73. The van der Waals surface area contributed by atoms with Crippen molar-refractivity contribution in [3.8, 4) is 0 Å². The fourth-order valence-electron chi connectivity index (χ4n) is 1.88. The molecule has 0 N–H and O–H groups in total. The van der Waals surface area contributed by atoms with Crippen LogP contribution in [-0.2, 0) is 16.9 Å². The van der Waals surface area contributed by atoms with Crippen LogP contribution in [0.15, 0.2) is 10.7 Å². The highest BCUT2D eigenvalue weighted by Crippen LogP contribution is 2.25. The van der Waals surface area contributed by atoms with E-state index >= 15 is 0 Å². The first-order chi connectivity index (χ1) is 7.41. The van der Waals surface area contributed by atoms with Gasteiger partial charge in [0.25, 0.3) is 0 Å². The van der Waals surface area contributed by atoms with Crippen LogP contribution in [0.3, 0.4) is 0 Å². The van der Waals surface area contributed by atoms with Gasteiger partial charge in [-0.3, -0.25) is 9.48 Å². The maximum atomic E-state index is 12.1. The number of ketones is 1. The van der Waals surface area contributed by atoms with Crippen molar-refractivity contribution in [3.05, 3.63) is 16.4 Å². The standard InChI is InChI=1S/C9H11BrN2O3S/c1-12-8(7(10)4-11-12)9(13)6-2-3-16(14,15)5-6/h4,6H,2-3,5H2,1H3. The first-order valence-electron chi connectivity index (χ1n) is 4.83. The minimum atomic E-state index is -3.02. The number of aromatic nitrogens is 2. The molecule has 2 rings (SSSR count).